The number of ether oxygens (including phenoxy) is 2. The molecule has 1 aromatic rings. The molecule has 0 amide bonds. The van der Waals surface area contributed by atoms with Crippen LogP contribution in [0.25, 0.3) is 0 Å². The maximum atomic E-state index is 5.70. The first kappa shape index (κ1) is 15.7. The Morgan fingerprint density at radius 3 is 2.56 bits per heavy atom. The lowest BCUT2D eigenvalue weighted by Gasteiger charge is -2.11. The van der Waals surface area contributed by atoms with E-state index in [0.29, 0.717) is 19.8 Å². The van der Waals surface area contributed by atoms with Crippen LogP contribution in [0.5, 0.6) is 5.75 Å². The molecule has 0 saturated carbocycles. The zero-order valence-corrected chi connectivity index (χ0v) is 13.9. The van der Waals surface area contributed by atoms with Gasteiger partial charge in [0.25, 0.3) is 0 Å². The summed E-state index contributed by atoms with van der Waals surface area (Å²) in [6, 6.07) is 4.23. The van der Waals surface area contributed by atoms with Gasteiger partial charge in [-0.1, -0.05) is 12.0 Å². The molecule has 0 spiro atoms. The molecule has 18 heavy (non-hydrogen) atoms. The van der Waals surface area contributed by atoms with E-state index in [-0.39, 0.29) is 0 Å². The van der Waals surface area contributed by atoms with Crippen LogP contribution in [0.3, 0.4) is 0 Å². The van der Waals surface area contributed by atoms with Crippen LogP contribution < -0.4 is 4.74 Å². The van der Waals surface area contributed by atoms with Crippen molar-refractivity contribution in [3.05, 3.63) is 28.8 Å². The number of hydrogen-bond acceptors (Lipinski definition) is 3. The highest BCUT2D eigenvalue weighted by Crippen LogP contribution is 2.22. The topological polar surface area (TPSA) is 18.5 Å². The fourth-order valence-electron chi connectivity index (χ4n) is 1.48. The minimum Gasteiger partial charge on any atom is -0.491 e. The van der Waals surface area contributed by atoms with Gasteiger partial charge in [0.05, 0.1) is 6.61 Å². The predicted molar refractivity (Wildman–Crippen MR) is 86.4 cm³/mol. The standard InChI is InChI=1S/C14H17IO2S/c1-11-9-13(3)14(10-12(11)2)17-7-6-16-5-4-8-18-15/h9-10H,5-7H2,1-3H3. The summed E-state index contributed by atoms with van der Waals surface area (Å²) in [5.74, 6) is 3.83. The van der Waals surface area contributed by atoms with Gasteiger partial charge >= 0.3 is 0 Å². The van der Waals surface area contributed by atoms with Gasteiger partial charge in [-0.2, -0.15) is 0 Å². The van der Waals surface area contributed by atoms with E-state index in [1.807, 2.05) is 0 Å². The van der Waals surface area contributed by atoms with Gasteiger partial charge in [-0.15, -0.1) is 0 Å². The smallest absolute Gasteiger partial charge is 0.122 e. The molecule has 0 atom stereocenters. The fraction of sp³-hybridized carbons (Fsp3) is 0.429. The van der Waals surface area contributed by atoms with Gasteiger partial charge in [-0.3, -0.25) is 0 Å². The summed E-state index contributed by atoms with van der Waals surface area (Å²) in [4.78, 5) is 0. The molecule has 1 aromatic carbocycles. The number of rotatable bonds is 5. The molecule has 0 aliphatic heterocycles. The van der Waals surface area contributed by atoms with Crippen molar-refractivity contribution in [3.63, 3.8) is 0 Å². The summed E-state index contributed by atoms with van der Waals surface area (Å²) in [7, 11) is 1.46. The second kappa shape index (κ2) is 8.68. The van der Waals surface area contributed by atoms with E-state index in [9.17, 15) is 0 Å². The maximum absolute atomic E-state index is 5.70. The van der Waals surface area contributed by atoms with Crippen LogP contribution in [0.15, 0.2) is 12.1 Å². The van der Waals surface area contributed by atoms with Gasteiger partial charge in [0.1, 0.15) is 19.0 Å². The van der Waals surface area contributed by atoms with E-state index >= 15 is 0 Å². The van der Waals surface area contributed by atoms with Crippen LogP contribution >= 0.6 is 30.1 Å². The molecule has 1 rings (SSSR count). The Labute approximate surface area is 125 Å². The third-order valence-corrected chi connectivity index (χ3v) is 3.44. The fourth-order valence-corrected chi connectivity index (χ4v) is 2.06. The highest BCUT2D eigenvalue weighted by molar-refractivity contribution is 14.2. The highest BCUT2D eigenvalue weighted by atomic mass is 127. The molecule has 0 aliphatic carbocycles. The van der Waals surface area contributed by atoms with E-state index < -0.39 is 0 Å². The zero-order chi connectivity index (χ0) is 13.4. The quantitative estimate of drug-likeness (QED) is 0.439. The Bertz CT molecular complexity index is 449. The molecule has 0 N–H and O–H groups in total. The maximum Gasteiger partial charge on any atom is 0.122 e. The average molecular weight is 376 g/mol. The molecule has 0 radical (unpaired) electrons. The van der Waals surface area contributed by atoms with E-state index in [1.54, 1.807) is 0 Å². The van der Waals surface area contributed by atoms with Crippen LogP contribution in [0, 0.1) is 31.9 Å². The predicted octanol–water partition coefficient (Wildman–Crippen LogP) is 4.05. The van der Waals surface area contributed by atoms with Gasteiger partial charge in [0.2, 0.25) is 0 Å². The molecule has 0 saturated heterocycles. The monoisotopic (exact) mass is 376 g/mol. The Kier molecular flexibility index (Phi) is 7.56. The molecule has 98 valence electrons. The van der Waals surface area contributed by atoms with E-state index in [4.69, 9.17) is 9.47 Å². The van der Waals surface area contributed by atoms with Crippen molar-refractivity contribution in [2.75, 3.05) is 19.8 Å². The van der Waals surface area contributed by atoms with E-state index in [1.165, 1.54) is 25.6 Å². The molecule has 0 fully saturated rings. The second-order valence-corrected chi connectivity index (χ2v) is 5.64. The molecule has 2 nitrogen and oxygen atoms in total. The van der Waals surface area contributed by atoms with Gasteiger partial charge < -0.3 is 9.47 Å². The SMILES string of the molecule is Cc1cc(C)c(OCCOCC#CSI)cc1C. The minimum atomic E-state index is 0.464. The highest BCUT2D eigenvalue weighted by Gasteiger charge is 2.02. The third-order valence-electron chi connectivity index (χ3n) is 2.56. The Hall–Kier alpha value is -0.380. The largest absolute Gasteiger partial charge is 0.491 e. The minimum absolute atomic E-state index is 0.464. The second-order valence-electron chi connectivity index (χ2n) is 3.96. The van der Waals surface area contributed by atoms with Crippen molar-refractivity contribution in [2.24, 2.45) is 0 Å². The molecule has 0 bridgehead atoms. The number of benzene rings is 1. The molecule has 0 aliphatic rings. The molecule has 4 heteroatoms. The lowest BCUT2D eigenvalue weighted by Crippen LogP contribution is -2.07. The van der Waals surface area contributed by atoms with Crippen molar-refractivity contribution in [1.29, 1.82) is 0 Å². The molecule has 0 aromatic heterocycles. The van der Waals surface area contributed by atoms with Crippen molar-refractivity contribution in [3.8, 4) is 16.9 Å². The summed E-state index contributed by atoms with van der Waals surface area (Å²) < 4.78 is 11.0. The van der Waals surface area contributed by atoms with Crippen LogP contribution in [-0.4, -0.2) is 19.8 Å². The first-order valence-corrected chi connectivity index (χ1v) is 9.05. The van der Waals surface area contributed by atoms with Crippen LogP contribution in [-0.2, 0) is 4.74 Å². The molecule has 0 unspecified atom stereocenters. The Morgan fingerprint density at radius 1 is 1.11 bits per heavy atom. The number of halogens is 1. The number of hydrogen-bond donors (Lipinski definition) is 0. The third kappa shape index (κ3) is 5.51. The van der Waals surface area contributed by atoms with Crippen molar-refractivity contribution in [2.45, 2.75) is 20.8 Å². The van der Waals surface area contributed by atoms with Crippen LogP contribution in [0.1, 0.15) is 16.7 Å². The summed E-state index contributed by atoms with van der Waals surface area (Å²) in [6.45, 7) is 7.85. The normalized spacial score (nSPS) is 9.78. The first-order valence-electron chi connectivity index (χ1n) is 5.69. The van der Waals surface area contributed by atoms with Crippen molar-refractivity contribution in [1.82, 2.24) is 0 Å². The molecular formula is C14H17IO2S. The Balaban J connectivity index is 2.33. The Morgan fingerprint density at radius 2 is 1.83 bits per heavy atom. The molecule has 0 heterocycles. The lowest BCUT2D eigenvalue weighted by molar-refractivity contribution is 0.124. The number of aryl methyl sites for hydroxylation is 3. The van der Waals surface area contributed by atoms with Gasteiger partial charge in [0.15, 0.2) is 0 Å². The van der Waals surface area contributed by atoms with Gasteiger partial charge in [0, 0.05) is 21.2 Å². The average Bonchev–Trinajstić information content (AvgIpc) is 2.34. The molecular weight excluding hydrogens is 359 g/mol. The summed E-state index contributed by atoms with van der Waals surface area (Å²) in [6.07, 6.45) is 0. The summed E-state index contributed by atoms with van der Waals surface area (Å²) in [5.41, 5.74) is 3.71. The van der Waals surface area contributed by atoms with E-state index in [2.05, 4.69) is 65.3 Å². The lowest BCUT2D eigenvalue weighted by atomic mass is 10.1. The van der Waals surface area contributed by atoms with E-state index in [0.717, 1.165) is 5.75 Å². The zero-order valence-electron chi connectivity index (χ0n) is 10.9. The first-order chi connectivity index (χ1) is 8.65. The van der Waals surface area contributed by atoms with Gasteiger partial charge in [-0.05, 0) is 57.7 Å². The summed E-state index contributed by atoms with van der Waals surface area (Å²) in [5, 5.41) is 2.87. The van der Waals surface area contributed by atoms with Crippen LogP contribution in [0.2, 0.25) is 0 Å². The van der Waals surface area contributed by atoms with Crippen molar-refractivity contribution < 1.29 is 9.47 Å². The van der Waals surface area contributed by atoms with Gasteiger partial charge in [-0.25, -0.2) is 0 Å². The van der Waals surface area contributed by atoms with Crippen LogP contribution in [0.4, 0.5) is 0 Å². The summed E-state index contributed by atoms with van der Waals surface area (Å²) >= 11 is 2.14. The van der Waals surface area contributed by atoms with Crippen molar-refractivity contribution >= 4 is 30.1 Å².